The van der Waals surface area contributed by atoms with Crippen LogP contribution in [0.5, 0.6) is 0 Å². The Kier molecular flexibility index (Phi) is 2.95. The van der Waals surface area contributed by atoms with Crippen molar-refractivity contribution in [1.82, 2.24) is 0 Å². The van der Waals surface area contributed by atoms with Crippen LogP contribution in [-0.4, -0.2) is 0 Å². The molecule has 1 rings (SSSR count). The molecular weight excluding hydrogens is 177 g/mol. The maximum atomic E-state index is 13.3. The highest BCUT2D eigenvalue weighted by Crippen LogP contribution is 2.26. The number of halogens is 1. The van der Waals surface area contributed by atoms with Crippen LogP contribution in [0.3, 0.4) is 0 Å². The monoisotopic (exact) mass is 195 g/mol. The Hall–Kier alpha value is -0.890. The standard InChI is InChI=1S/C12H18FN/c1-8(14)10-7-9(12(2,3)4)5-6-11(10)13/h5-8H,14H2,1-4H3/t8-/m0/s1. The van der Waals surface area contributed by atoms with Crippen molar-refractivity contribution in [3.63, 3.8) is 0 Å². The topological polar surface area (TPSA) is 26.0 Å². The van der Waals surface area contributed by atoms with E-state index in [1.54, 1.807) is 6.92 Å². The number of hydrogen-bond acceptors (Lipinski definition) is 1. The van der Waals surface area contributed by atoms with E-state index < -0.39 is 0 Å². The van der Waals surface area contributed by atoms with Gasteiger partial charge in [0, 0.05) is 11.6 Å². The van der Waals surface area contributed by atoms with Crippen molar-refractivity contribution in [3.8, 4) is 0 Å². The molecule has 0 aliphatic rings. The summed E-state index contributed by atoms with van der Waals surface area (Å²) in [6.45, 7) is 8.10. The second-order valence-electron chi connectivity index (χ2n) is 4.77. The summed E-state index contributed by atoms with van der Waals surface area (Å²) in [4.78, 5) is 0. The molecule has 0 spiro atoms. The third-order valence-electron chi connectivity index (χ3n) is 2.35. The smallest absolute Gasteiger partial charge is 0.127 e. The van der Waals surface area contributed by atoms with Gasteiger partial charge in [-0.05, 0) is 24.0 Å². The largest absolute Gasteiger partial charge is 0.324 e. The number of rotatable bonds is 1. The van der Waals surface area contributed by atoms with Crippen molar-refractivity contribution < 1.29 is 4.39 Å². The predicted octanol–water partition coefficient (Wildman–Crippen LogP) is 3.14. The molecule has 0 saturated carbocycles. The van der Waals surface area contributed by atoms with Crippen LogP contribution in [0.2, 0.25) is 0 Å². The molecule has 0 amide bonds. The molecule has 1 nitrogen and oxygen atoms in total. The fourth-order valence-corrected chi connectivity index (χ4v) is 1.36. The molecule has 1 aromatic rings. The summed E-state index contributed by atoms with van der Waals surface area (Å²) in [5.41, 5.74) is 7.44. The second-order valence-corrected chi connectivity index (χ2v) is 4.77. The van der Waals surface area contributed by atoms with Crippen LogP contribution in [0.25, 0.3) is 0 Å². The molecule has 1 aromatic carbocycles. The fourth-order valence-electron chi connectivity index (χ4n) is 1.36. The molecule has 2 N–H and O–H groups in total. The number of hydrogen-bond donors (Lipinski definition) is 1. The van der Waals surface area contributed by atoms with E-state index in [4.69, 9.17) is 5.73 Å². The van der Waals surface area contributed by atoms with Gasteiger partial charge in [0.05, 0.1) is 0 Å². The summed E-state index contributed by atoms with van der Waals surface area (Å²) >= 11 is 0. The van der Waals surface area contributed by atoms with Gasteiger partial charge < -0.3 is 5.73 Å². The predicted molar refractivity (Wildman–Crippen MR) is 57.7 cm³/mol. The van der Waals surface area contributed by atoms with E-state index in [0.29, 0.717) is 5.56 Å². The SMILES string of the molecule is C[C@H](N)c1cc(C(C)(C)C)ccc1F. The van der Waals surface area contributed by atoms with Gasteiger partial charge in [0.1, 0.15) is 5.82 Å². The molecule has 0 saturated heterocycles. The van der Waals surface area contributed by atoms with E-state index in [1.807, 2.05) is 12.1 Å². The average molecular weight is 195 g/mol. The molecule has 0 aliphatic heterocycles. The molecule has 0 aromatic heterocycles. The van der Waals surface area contributed by atoms with Crippen LogP contribution in [0, 0.1) is 5.82 Å². The quantitative estimate of drug-likeness (QED) is 0.732. The first-order chi connectivity index (χ1) is 6.32. The van der Waals surface area contributed by atoms with Gasteiger partial charge >= 0.3 is 0 Å². The fraction of sp³-hybridized carbons (Fsp3) is 0.500. The Morgan fingerprint density at radius 1 is 1.29 bits per heavy atom. The maximum Gasteiger partial charge on any atom is 0.127 e. The van der Waals surface area contributed by atoms with Gasteiger partial charge in [0.15, 0.2) is 0 Å². The van der Waals surface area contributed by atoms with E-state index in [0.717, 1.165) is 5.56 Å². The Labute approximate surface area is 85.1 Å². The summed E-state index contributed by atoms with van der Waals surface area (Å²) in [5.74, 6) is -0.215. The van der Waals surface area contributed by atoms with Crippen LogP contribution >= 0.6 is 0 Å². The summed E-state index contributed by atoms with van der Waals surface area (Å²) < 4.78 is 13.3. The van der Waals surface area contributed by atoms with E-state index >= 15 is 0 Å². The maximum absolute atomic E-state index is 13.3. The normalized spacial score (nSPS) is 14.1. The van der Waals surface area contributed by atoms with E-state index in [1.165, 1.54) is 6.07 Å². The molecule has 0 unspecified atom stereocenters. The molecule has 78 valence electrons. The zero-order chi connectivity index (χ0) is 10.9. The highest BCUT2D eigenvalue weighted by Gasteiger charge is 2.16. The highest BCUT2D eigenvalue weighted by molar-refractivity contribution is 5.31. The van der Waals surface area contributed by atoms with Gasteiger partial charge in [0.25, 0.3) is 0 Å². The molecule has 0 fully saturated rings. The van der Waals surface area contributed by atoms with Gasteiger partial charge in [-0.1, -0.05) is 32.9 Å². The van der Waals surface area contributed by atoms with Gasteiger partial charge in [-0.2, -0.15) is 0 Å². The zero-order valence-corrected chi connectivity index (χ0v) is 9.26. The molecule has 0 radical (unpaired) electrons. The van der Waals surface area contributed by atoms with Gasteiger partial charge in [0.2, 0.25) is 0 Å². The van der Waals surface area contributed by atoms with Crippen molar-refractivity contribution in [2.24, 2.45) is 5.73 Å². The van der Waals surface area contributed by atoms with Crippen molar-refractivity contribution in [3.05, 3.63) is 35.1 Å². The van der Waals surface area contributed by atoms with Gasteiger partial charge in [-0.15, -0.1) is 0 Å². The Morgan fingerprint density at radius 3 is 2.29 bits per heavy atom. The minimum absolute atomic E-state index is 0.0390. The van der Waals surface area contributed by atoms with Crippen LogP contribution < -0.4 is 5.73 Å². The summed E-state index contributed by atoms with van der Waals surface area (Å²) in [6, 6.07) is 4.93. The molecule has 2 heteroatoms. The minimum Gasteiger partial charge on any atom is -0.324 e. The Balaban J connectivity index is 3.20. The first kappa shape index (κ1) is 11.2. The van der Waals surface area contributed by atoms with E-state index in [9.17, 15) is 4.39 Å². The van der Waals surface area contributed by atoms with Crippen molar-refractivity contribution in [2.75, 3.05) is 0 Å². The molecule has 0 heterocycles. The van der Waals surface area contributed by atoms with Crippen molar-refractivity contribution in [2.45, 2.75) is 39.2 Å². The molecule has 0 aliphatic carbocycles. The van der Waals surface area contributed by atoms with Crippen LogP contribution in [0.4, 0.5) is 4.39 Å². The number of benzene rings is 1. The third kappa shape index (κ3) is 2.32. The van der Waals surface area contributed by atoms with E-state index in [-0.39, 0.29) is 17.3 Å². The van der Waals surface area contributed by atoms with Gasteiger partial charge in [-0.3, -0.25) is 0 Å². The van der Waals surface area contributed by atoms with Crippen LogP contribution in [0.15, 0.2) is 18.2 Å². The first-order valence-corrected chi connectivity index (χ1v) is 4.88. The number of nitrogens with two attached hydrogens (primary N) is 1. The van der Waals surface area contributed by atoms with E-state index in [2.05, 4.69) is 20.8 Å². The summed E-state index contributed by atoms with van der Waals surface area (Å²) in [7, 11) is 0. The third-order valence-corrected chi connectivity index (χ3v) is 2.35. The van der Waals surface area contributed by atoms with Crippen LogP contribution in [-0.2, 0) is 5.41 Å². The lowest BCUT2D eigenvalue weighted by atomic mass is 9.85. The Bertz CT molecular complexity index is 324. The lowest BCUT2D eigenvalue weighted by Crippen LogP contribution is -2.14. The summed E-state index contributed by atoms with van der Waals surface area (Å²) in [6.07, 6.45) is 0. The average Bonchev–Trinajstić information content (AvgIpc) is 2.02. The zero-order valence-electron chi connectivity index (χ0n) is 9.26. The minimum atomic E-state index is -0.253. The first-order valence-electron chi connectivity index (χ1n) is 4.88. The molecule has 14 heavy (non-hydrogen) atoms. The van der Waals surface area contributed by atoms with Gasteiger partial charge in [-0.25, -0.2) is 4.39 Å². The highest BCUT2D eigenvalue weighted by atomic mass is 19.1. The van der Waals surface area contributed by atoms with Crippen LogP contribution in [0.1, 0.15) is 44.9 Å². The lowest BCUT2D eigenvalue weighted by molar-refractivity contribution is 0.568. The molecule has 1 atom stereocenters. The van der Waals surface area contributed by atoms with Crippen molar-refractivity contribution in [1.29, 1.82) is 0 Å². The molecule has 0 bridgehead atoms. The summed E-state index contributed by atoms with van der Waals surface area (Å²) in [5, 5.41) is 0. The Morgan fingerprint density at radius 2 is 1.86 bits per heavy atom. The van der Waals surface area contributed by atoms with Crippen molar-refractivity contribution >= 4 is 0 Å². The lowest BCUT2D eigenvalue weighted by Gasteiger charge is -2.20. The second kappa shape index (κ2) is 3.70. The molecular formula is C12H18FN.